The number of hydrogen-bond donors (Lipinski definition) is 2. The lowest BCUT2D eigenvalue weighted by Gasteiger charge is -2.07. The summed E-state index contributed by atoms with van der Waals surface area (Å²) in [7, 11) is 0. The van der Waals surface area contributed by atoms with Crippen molar-refractivity contribution in [3.63, 3.8) is 0 Å². The summed E-state index contributed by atoms with van der Waals surface area (Å²) in [6, 6.07) is 4.67. The second-order valence-electron chi connectivity index (χ2n) is 4.25. The Morgan fingerprint density at radius 2 is 2.06 bits per heavy atom. The molecule has 1 amide bonds. The number of aryl methyl sites for hydroxylation is 3. The van der Waals surface area contributed by atoms with Crippen molar-refractivity contribution in [1.82, 2.24) is 10.2 Å². The third-order valence-electron chi connectivity index (χ3n) is 2.73. The first-order valence-electron chi connectivity index (χ1n) is 5.58. The van der Waals surface area contributed by atoms with E-state index in [9.17, 15) is 9.18 Å². The smallest absolute Gasteiger partial charge is 0.259 e. The van der Waals surface area contributed by atoms with Gasteiger partial charge in [0.25, 0.3) is 5.91 Å². The second kappa shape index (κ2) is 4.60. The van der Waals surface area contributed by atoms with Gasteiger partial charge in [-0.2, -0.15) is 5.10 Å². The summed E-state index contributed by atoms with van der Waals surface area (Å²) >= 11 is 0. The van der Waals surface area contributed by atoms with Gasteiger partial charge in [0.2, 0.25) is 0 Å². The predicted octanol–water partition coefficient (Wildman–Crippen LogP) is 2.73. The summed E-state index contributed by atoms with van der Waals surface area (Å²) in [4.78, 5) is 12.0. The van der Waals surface area contributed by atoms with Gasteiger partial charge < -0.3 is 5.32 Å². The van der Waals surface area contributed by atoms with E-state index in [1.54, 1.807) is 32.9 Å². The zero-order valence-corrected chi connectivity index (χ0v) is 10.5. The van der Waals surface area contributed by atoms with E-state index in [0.717, 1.165) is 5.56 Å². The van der Waals surface area contributed by atoms with Crippen molar-refractivity contribution < 1.29 is 9.18 Å². The van der Waals surface area contributed by atoms with Crippen molar-refractivity contribution in [2.24, 2.45) is 0 Å². The molecule has 2 aromatic rings. The van der Waals surface area contributed by atoms with Crippen molar-refractivity contribution in [3.05, 3.63) is 46.5 Å². The van der Waals surface area contributed by atoms with Gasteiger partial charge in [0.1, 0.15) is 5.82 Å². The number of benzene rings is 1. The maximum absolute atomic E-state index is 13.6. The third kappa shape index (κ3) is 2.25. The highest BCUT2D eigenvalue weighted by Gasteiger charge is 2.16. The van der Waals surface area contributed by atoms with E-state index in [-0.39, 0.29) is 11.6 Å². The fourth-order valence-electron chi connectivity index (χ4n) is 1.79. The molecule has 0 atom stereocenters. The van der Waals surface area contributed by atoms with Crippen LogP contribution in [0.2, 0.25) is 0 Å². The molecule has 0 fully saturated rings. The highest BCUT2D eigenvalue weighted by molar-refractivity contribution is 6.05. The molecule has 1 aromatic carbocycles. The normalized spacial score (nSPS) is 10.4. The minimum Gasteiger partial charge on any atom is -0.319 e. The quantitative estimate of drug-likeness (QED) is 0.857. The van der Waals surface area contributed by atoms with Crippen molar-refractivity contribution >= 4 is 11.6 Å². The van der Waals surface area contributed by atoms with Gasteiger partial charge in [0.15, 0.2) is 0 Å². The van der Waals surface area contributed by atoms with E-state index in [4.69, 9.17) is 0 Å². The molecule has 0 aliphatic heterocycles. The highest BCUT2D eigenvalue weighted by atomic mass is 19.1. The van der Waals surface area contributed by atoms with Crippen molar-refractivity contribution in [3.8, 4) is 0 Å². The van der Waals surface area contributed by atoms with E-state index in [1.807, 2.05) is 0 Å². The lowest BCUT2D eigenvalue weighted by molar-refractivity contribution is 0.102. The largest absolute Gasteiger partial charge is 0.319 e. The Balaban J connectivity index is 2.27. The Morgan fingerprint density at radius 3 is 2.61 bits per heavy atom. The standard InChI is InChI=1S/C13H14FN3O/c1-7-4-5-11(10(14)6-7)15-13(18)12-8(2)16-17-9(12)3/h4-6H,1-3H3,(H,15,18)(H,16,17). The zero-order chi connectivity index (χ0) is 13.3. The first-order valence-corrected chi connectivity index (χ1v) is 5.58. The summed E-state index contributed by atoms with van der Waals surface area (Å²) in [5.41, 5.74) is 2.69. The first kappa shape index (κ1) is 12.3. The molecule has 5 heteroatoms. The van der Waals surface area contributed by atoms with E-state index in [2.05, 4.69) is 15.5 Å². The lowest BCUT2D eigenvalue weighted by Crippen LogP contribution is -2.14. The zero-order valence-electron chi connectivity index (χ0n) is 10.5. The SMILES string of the molecule is Cc1ccc(NC(=O)c2c(C)n[nH]c2C)c(F)c1. The molecule has 1 heterocycles. The van der Waals surface area contributed by atoms with Crippen molar-refractivity contribution in [1.29, 1.82) is 0 Å². The molecule has 0 radical (unpaired) electrons. The minimum absolute atomic E-state index is 0.172. The average molecular weight is 247 g/mol. The number of carbonyl (C=O) groups is 1. The number of aromatic nitrogens is 2. The number of nitrogens with one attached hydrogen (secondary N) is 2. The molecule has 0 aliphatic rings. The highest BCUT2D eigenvalue weighted by Crippen LogP contribution is 2.18. The van der Waals surface area contributed by atoms with Crippen LogP contribution in [0.1, 0.15) is 27.3 Å². The molecule has 0 bridgehead atoms. The van der Waals surface area contributed by atoms with Gasteiger partial charge in [-0.05, 0) is 38.5 Å². The number of anilines is 1. The number of amides is 1. The molecule has 0 saturated carbocycles. The Kier molecular flexibility index (Phi) is 3.14. The van der Waals surface area contributed by atoms with Crippen LogP contribution in [-0.2, 0) is 0 Å². The topological polar surface area (TPSA) is 57.8 Å². The molecular weight excluding hydrogens is 233 g/mol. The van der Waals surface area contributed by atoms with E-state index in [0.29, 0.717) is 17.0 Å². The molecule has 0 saturated heterocycles. The van der Waals surface area contributed by atoms with Crippen LogP contribution in [0.5, 0.6) is 0 Å². The lowest BCUT2D eigenvalue weighted by atomic mass is 10.1. The molecular formula is C13H14FN3O. The minimum atomic E-state index is -0.442. The summed E-state index contributed by atoms with van der Waals surface area (Å²) in [5, 5.41) is 9.21. The van der Waals surface area contributed by atoms with Gasteiger partial charge in [0.05, 0.1) is 16.9 Å². The van der Waals surface area contributed by atoms with Crippen LogP contribution in [0.3, 0.4) is 0 Å². The molecule has 1 aromatic heterocycles. The van der Waals surface area contributed by atoms with Crippen LogP contribution >= 0.6 is 0 Å². The number of rotatable bonds is 2. The number of nitrogens with zero attached hydrogens (tertiary/aromatic N) is 1. The summed E-state index contributed by atoms with van der Waals surface area (Å²) in [5.74, 6) is -0.802. The molecule has 2 N–H and O–H groups in total. The Morgan fingerprint density at radius 1 is 1.33 bits per heavy atom. The Bertz CT molecular complexity index is 585. The maximum Gasteiger partial charge on any atom is 0.259 e. The molecule has 18 heavy (non-hydrogen) atoms. The van der Waals surface area contributed by atoms with Gasteiger partial charge in [-0.1, -0.05) is 6.07 Å². The van der Waals surface area contributed by atoms with Crippen LogP contribution in [0.25, 0.3) is 0 Å². The van der Waals surface area contributed by atoms with Gasteiger partial charge >= 0.3 is 0 Å². The van der Waals surface area contributed by atoms with Gasteiger partial charge in [-0.25, -0.2) is 4.39 Å². The van der Waals surface area contributed by atoms with Gasteiger partial charge in [-0.15, -0.1) is 0 Å². The van der Waals surface area contributed by atoms with Gasteiger partial charge in [0, 0.05) is 5.69 Å². The third-order valence-corrected chi connectivity index (χ3v) is 2.73. The molecule has 94 valence electrons. The van der Waals surface area contributed by atoms with Crippen LogP contribution in [0, 0.1) is 26.6 Å². The Hall–Kier alpha value is -2.17. The molecule has 0 unspecified atom stereocenters. The number of hydrogen-bond acceptors (Lipinski definition) is 2. The number of carbonyl (C=O) groups excluding carboxylic acids is 1. The van der Waals surface area contributed by atoms with Crippen LogP contribution in [0.15, 0.2) is 18.2 Å². The van der Waals surface area contributed by atoms with E-state index < -0.39 is 5.82 Å². The summed E-state index contributed by atoms with van der Waals surface area (Å²) in [6.07, 6.45) is 0. The fourth-order valence-corrected chi connectivity index (χ4v) is 1.79. The van der Waals surface area contributed by atoms with Crippen LogP contribution in [-0.4, -0.2) is 16.1 Å². The van der Waals surface area contributed by atoms with Crippen molar-refractivity contribution in [2.45, 2.75) is 20.8 Å². The van der Waals surface area contributed by atoms with Crippen LogP contribution in [0.4, 0.5) is 10.1 Å². The maximum atomic E-state index is 13.6. The average Bonchev–Trinajstić information content (AvgIpc) is 2.62. The van der Waals surface area contributed by atoms with E-state index >= 15 is 0 Å². The summed E-state index contributed by atoms with van der Waals surface area (Å²) in [6.45, 7) is 5.27. The first-order chi connectivity index (χ1) is 8.49. The summed E-state index contributed by atoms with van der Waals surface area (Å²) < 4.78 is 13.6. The molecule has 0 spiro atoms. The molecule has 2 rings (SSSR count). The molecule has 0 aliphatic carbocycles. The predicted molar refractivity (Wildman–Crippen MR) is 67.2 cm³/mol. The van der Waals surface area contributed by atoms with E-state index in [1.165, 1.54) is 6.07 Å². The fraction of sp³-hybridized carbons (Fsp3) is 0.231. The Labute approximate surface area is 104 Å². The monoisotopic (exact) mass is 247 g/mol. The van der Waals surface area contributed by atoms with Gasteiger partial charge in [-0.3, -0.25) is 9.89 Å². The second-order valence-corrected chi connectivity index (χ2v) is 4.25. The number of aromatic amines is 1. The number of H-pyrrole nitrogens is 1. The number of halogens is 1. The van der Waals surface area contributed by atoms with Crippen molar-refractivity contribution in [2.75, 3.05) is 5.32 Å². The van der Waals surface area contributed by atoms with Crippen LogP contribution < -0.4 is 5.32 Å². The molecule has 4 nitrogen and oxygen atoms in total.